The van der Waals surface area contributed by atoms with Crippen LogP contribution in [0.5, 0.6) is 23.0 Å². The molecule has 18 rings (SSSR count). The Morgan fingerprint density at radius 2 is 0.580 bits per heavy atom. The van der Waals surface area contributed by atoms with E-state index in [2.05, 4.69) is 109 Å². The second-order valence-corrected chi connectivity index (χ2v) is 23.4. The Morgan fingerprint density at radius 1 is 0.250 bits per heavy atom. The van der Waals surface area contributed by atoms with Gasteiger partial charge in [0.25, 0.3) is 13.4 Å². The van der Waals surface area contributed by atoms with Crippen LogP contribution in [0, 0.1) is 0 Å². The van der Waals surface area contributed by atoms with E-state index in [1.807, 2.05) is 121 Å². The lowest BCUT2D eigenvalue weighted by Gasteiger charge is -2.38. The van der Waals surface area contributed by atoms with Crippen LogP contribution < -0.4 is 42.3 Å². The number of benzene rings is 14. The van der Waals surface area contributed by atoms with Crippen LogP contribution in [0.4, 0.5) is 26.3 Å². The zero-order valence-electron chi connectivity index (χ0n) is 46.5. The first-order valence-corrected chi connectivity index (χ1v) is 29.3. The largest absolute Gasteiger partial charge is 0.458 e. The molecule has 88 heavy (non-hydrogen) atoms. The molecule has 0 N–H and O–H groups in total. The fraction of sp³-hybridized carbons (Fsp3) is 0.0256. The van der Waals surface area contributed by atoms with Gasteiger partial charge in [0.1, 0.15) is 23.0 Å². The average Bonchev–Trinajstić information content (AvgIpc) is 0.671. The lowest BCUT2D eigenvalue weighted by Crippen LogP contribution is -2.58. The van der Waals surface area contributed by atoms with E-state index in [1.165, 1.54) is 12.1 Å². The number of rotatable bonds is 6. The Kier molecular flexibility index (Phi) is 10.6. The molecule has 0 spiro atoms. The molecule has 0 radical (unpaired) electrons. The highest BCUT2D eigenvalue weighted by Gasteiger charge is 2.47. The first-order valence-electron chi connectivity index (χ1n) is 29.3. The van der Waals surface area contributed by atoms with Crippen molar-refractivity contribution < 1.29 is 35.8 Å². The van der Waals surface area contributed by atoms with Crippen molar-refractivity contribution in [2.75, 3.05) is 0 Å². The summed E-state index contributed by atoms with van der Waals surface area (Å²) >= 11 is 0. The average molecular weight is 1150 g/mol. The van der Waals surface area contributed by atoms with Crippen LogP contribution in [0.1, 0.15) is 11.1 Å². The summed E-state index contributed by atoms with van der Waals surface area (Å²) in [6.45, 7) is -1.23. The third kappa shape index (κ3) is 7.29. The van der Waals surface area contributed by atoms with Crippen LogP contribution in [0.3, 0.4) is 0 Å². The van der Waals surface area contributed by atoms with E-state index in [9.17, 15) is 0 Å². The highest BCUT2D eigenvalue weighted by Crippen LogP contribution is 2.55. The molecule has 4 aliphatic rings. The Balaban J connectivity index is 1.13. The lowest BCUT2D eigenvalue weighted by atomic mass is 9.31. The summed E-state index contributed by atoms with van der Waals surface area (Å²) in [6, 6.07) is 82.1. The summed E-state index contributed by atoms with van der Waals surface area (Å²) in [7, 11) is 0. The van der Waals surface area contributed by atoms with E-state index in [0.717, 1.165) is 133 Å². The van der Waals surface area contributed by atoms with Crippen molar-refractivity contribution in [1.82, 2.24) is 0 Å². The standard InChI is InChI=1S/C78H42B2F6O2/c81-77(82,83)47-35-59-55-39-53(69-49(43-19-5-1-6-20-43)27-17-28-50(69)44-21-7-2-8-22-44)57-41-63-72-56(60-36-48(78(84,85)86)38-68-76(60)79(63)61-31-13-15-33-65(61)88-68)40-54(70-51(45-23-9-3-10-24-45)29-18-30-52(70)46-25-11-4-12-26-46)58-42-64(71(55)73(57)74(58)72)80-62-32-14-16-34-66(62)87-67(37-47)75(59)80/h1-42H. The molecule has 0 aliphatic carbocycles. The molecule has 4 heterocycles. The van der Waals surface area contributed by atoms with Crippen molar-refractivity contribution in [2.24, 2.45) is 0 Å². The molecular weight excluding hydrogens is 1100 g/mol. The van der Waals surface area contributed by atoms with Crippen LogP contribution in [-0.4, -0.2) is 13.4 Å². The van der Waals surface area contributed by atoms with Gasteiger partial charge in [-0.3, -0.25) is 0 Å². The van der Waals surface area contributed by atoms with Gasteiger partial charge >= 0.3 is 12.4 Å². The quantitative estimate of drug-likeness (QED) is 0.0938. The summed E-state index contributed by atoms with van der Waals surface area (Å²) in [5.74, 6) is 1.16. The molecule has 2 nitrogen and oxygen atoms in total. The number of alkyl halides is 6. The van der Waals surface area contributed by atoms with Crippen LogP contribution in [0.15, 0.2) is 255 Å². The third-order valence-corrected chi connectivity index (χ3v) is 18.8. The first kappa shape index (κ1) is 50.7. The van der Waals surface area contributed by atoms with Gasteiger partial charge in [0.2, 0.25) is 0 Å². The Morgan fingerprint density at radius 3 is 0.920 bits per heavy atom. The molecule has 0 saturated carbocycles. The highest BCUT2D eigenvalue weighted by atomic mass is 19.4. The molecule has 0 aromatic heterocycles. The van der Waals surface area contributed by atoms with E-state index >= 15 is 26.3 Å². The maximum Gasteiger partial charge on any atom is 0.416 e. The van der Waals surface area contributed by atoms with Gasteiger partial charge in [0.15, 0.2) is 0 Å². The molecule has 14 aromatic carbocycles. The normalized spacial score (nSPS) is 13.2. The fourth-order valence-corrected chi connectivity index (χ4v) is 15.3. The van der Waals surface area contributed by atoms with Gasteiger partial charge in [0, 0.05) is 0 Å². The lowest BCUT2D eigenvalue weighted by molar-refractivity contribution is -0.138. The zero-order chi connectivity index (χ0) is 58.9. The molecule has 414 valence electrons. The predicted molar refractivity (Wildman–Crippen MR) is 346 cm³/mol. The van der Waals surface area contributed by atoms with Gasteiger partial charge in [-0.2, -0.15) is 26.3 Å². The summed E-state index contributed by atoms with van der Waals surface area (Å²) < 4.78 is 108. The summed E-state index contributed by atoms with van der Waals surface area (Å²) in [5, 5.41) is 4.81. The second kappa shape index (κ2) is 18.5. The first-order chi connectivity index (χ1) is 42.9. The highest BCUT2D eigenvalue weighted by molar-refractivity contribution is 7.01. The number of fused-ring (bicyclic) bond motifs is 8. The van der Waals surface area contributed by atoms with E-state index in [-0.39, 0.29) is 11.5 Å². The molecule has 14 aromatic rings. The molecule has 0 atom stereocenters. The Bertz CT molecular complexity index is 4850. The number of para-hydroxylation sites is 2. The summed E-state index contributed by atoms with van der Waals surface area (Å²) in [6.07, 6.45) is -9.51. The van der Waals surface area contributed by atoms with Crippen LogP contribution in [0.25, 0.3) is 121 Å². The van der Waals surface area contributed by atoms with E-state index in [0.29, 0.717) is 44.7 Å². The Labute approximate surface area is 502 Å². The molecule has 0 amide bonds. The molecule has 0 fully saturated rings. The molecule has 10 heteroatoms. The third-order valence-electron chi connectivity index (χ3n) is 18.8. The smallest absolute Gasteiger partial charge is 0.416 e. The summed E-state index contributed by atoms with van der Waals surface area (Å²) in [5.41, 5.74) is 15.6. The number of halogens is 6. The van der Waals surface area contributed by atoms with Gasteiger partial charge in [-0.15, -0.1) is 0 Å². The van der Waals surface area contributed by atoms with Crippen LogP contribution in [0.2, 0.25) is 0 Å². The van der Waals surface area contributed by atoms with Crippen molar-refractivity contribution >= 4 is 78.5 Å². The molecular formula is C78H42B2F6O2. The monoisotopic (exact) mass is 1150 g/mol. The van der Waals surface area contributed by atoms with Crippen molar-refractivity contribution in [3.63, 3.8) is 0 Å². The minimum Gasteiger partial charge on any atom is -0.458 e. The second-order valence-electron chi connectivity index (χ2n) is 23.4. The summed E-state index contributed by atoms with van der Waals surface area (Å²) in [4.78, 5) is 0. The van der Waals surface area contributed by atoms with E-state index in [1.54, 1.807) is 0 Å². The number of hydrogen-bond donors (Lipinski definition) is 0. The van der Waals surface area contributed by atoms with Crippen molar-refractivity contribution in [1.29, 1.82) is 0 Å². The van der Waals surface area contributed by atoms with Gasteiger partial charge in [-0.05, 0) is 192 Å². The molecule has 0 bridgehead atoms. The maximum atomic E-state index is 15.8. The zero-order valence-corrected chi connectivity index (χ0v) is 46.5. The van der Waals surface area contributed by atoms with Gasteiger partial charge < -0.3 is 9.47 Å². The molecule has 4 aliphatic heterocycles. The van der Waals surface area contributed by atoms with Gasteiger partial charge in [-0.25, -0.2) is 0 Å². The van der Waals surface area contributed by atoms with Crippen molar-refractivity contribution in [3.05, 3.63) is 266 Å². The van der Waals surface area contributed by atoms with E-state index < -0.39 is 36.9 Å². The minimum atomic E-state index is -4.76. The van der Waals surface area contributed by atoms with Gasteiger partial charge in [-0.1, -0.05) is 217 Å². The molecule has 0 saturated heterocycles. The maximum absolute atomic E-state index is 15.8. The van der Waals surface area contributed by atoms with Crippen LogP contribution >= 0.6 is 0 Å². The van der Waals surface area contributed by atoms with Gasteiger partial charge in [0.05, 0.1) is 11.1 Å². The predicted octanol–water partition coefficient (Wildman–Crippen LogP) is 17.8. The van der Waals surface area contributed by atoms with Crippen LogP contribution in [-0.2, 0) is 12.4 Å². The topological polar surface area (TPSA) is 18.5 Å². The molecule has 0 unspecified atom stereocenters. The fourth-order valence-electron chi connectivity index (χ4n) is 15.3. The minimum absolute atomic E-state index is 0.125. The van der Waals surface area contributed by atoms with Crippen molar-refractivity contribution in [3.8, 4) is 112 Å². The number of hydrogen-bond acceptors (Lipinski definition) is 2. The Hall–Kier alpha value is -10.6. The van der Waals surface area contributed by atoms with E-state index in [4.69, 9.17) is 9.47 Å². The SMILES string of the molecule is FC(F)(F)c1cc2c3c(c1)-c1cc(-c4c(-c5ccccc5)cccc4-c4ccccc4)c4cc5c6c(cc(-c7c(-c8ccccc8)cccc7-c7ccccc7)c7cc(c1c4c76)B3c1ccccc1O2)-c1cc(C(F)(F)F)cc2c1B5c1ccccc1O2. The number of ether oxygens (including phenoxy) is 2. The van der Waals surface area contributed by atoms with Crippen molar-refractivity contribution in [2.45, 2.75) is 12.4 Å².